The lowest BCUT2D eigenvalue weighted by Gasteiger charge is -2.17. The molecule has 0 heterocycles. The van der Waals surface area contributed by atoms with Crippen LogP contribution in [0.1, 0.15) is 23.7 Å². The highest BCUT2D eigenvalue weighted by molar-refractivity contribution is 5.99. The topological polar surface area (TPSA) is 106 Å². The van der Waals surface area contributed by atoms with Gasteiger partial charge in [-0.3, -0.25) is 14.9 Å². The van der Waals surface area contributed by atoms with Crippen molar-refractivity contribution < 1.29 is 19.2 Å². The van der Waals surface area contributed by atoms with E-state index >= 15 is 0 Å². The number of hydrogen-bond donors (Lipinski definition) is 0. The van der Waals surface area contributed by atoms with E-state index in [0.717, 1.165) is 6.07 Å². The summed E-state index contributed by atoms with van der Waals surface area (Å²) < 4.78 is 10.4. The molecule has 8 heteroatoms. The first-order chi connectivity index (χ1) is 10.5. The van der Waals surface area contributed by atoms with Crippen molar-refractivity contribution in [1.82, 2.24) is 4.90 Å². The van der Waals surface area contributed by atoms with Crippen LogP contribution in [0.15, 0.2) is 12.1 Å². The highest BCUT2D eigenvalue weighted by Gasteiger charge is 2.26. The summed E-state index contributed by atoms with van der Waals surface area (Å²) in [5.41, 5.74) is -0.469. The third kappa shape index (κ3) is 3.85. The van der Waals surface area contributed by atoms with Gasteiger partial charge < -0.3 is 14.4 Å². The maximum absolute atomic E-state index is 12.3. The van der Waals surface area contributed by atoms with Crippen molar-refractivity contribution >= 4 is 11.6 Å². The standard InChI is InChI=1S/C14H17N3O5/c1-4-22-13-8-10(14(18)16(2)7-5-6-15)11(17(19)20)9-12(13)21-3/h8-9H,4-5,7H2,1-3H3. The molecule has 1 rings (SSSR count). The molecule has 0 aliphatic carbocycles. The minimum atomic E-state index is -0.649. The Kier molecular flexibility index (Phi) is 6.13. The van der Waals surface area contributed by atoms with Crippen molar-refractivity contribution in [3.05, 3.63) is 27.8 Å². The molecule has 0 N–H and O–H groups in total. The number of nitriles is 1. The van der Waals surface area contributed by atoms with E-state index in [2.05, 4.69) is 0 Å². The van der Waals surface area contributed by atoms with Crippen LogP contribution in [0.4, 0.5) is 5.69 Å². The molecule has 0 bridgehead atoms. The van der Waals surface area contributed by atoms with Gasteiger partial charge in [0.05, 0.1) is 37.2 Å². The van der Waals surface area contributed by atoms with E-state index in [-0.39, 0.29) is 35.7 Å². The molecule has 118 valence electrons. The zero-order chi connectivity index (χ0) is 16.7. The number of rotatable bonds is 7. The largest absolute Gasteiger partial charge is 0.493 e. The van der Waals surface area contributed by atoms with Crippen molar-refractivity contribution in [2.75, 3.05) is 27.3 Å². The maximum Gasteiger partial charge on any atom is 0.286 e. The Morgan fingerprint density at radius 2 is 2.14 bits per heavy atom. The molecule has 8 nitrogen and oxygen atoms in total. The van der Waals surface area contributed by atoms with Gasteiger partial charge in [0.25, 0.3) is 11.6 Å². The second kappa shape index (κ2) is 7.83. The Bertz CT molecular complexity index is 609. The summed E-state index contributed by atoms with van der Waals surface area (Å²) in [6, 6.07) is 4.38. The van der Waals surface area contributed by atoms with E-state index in [1.807, 2.05) is 6.07 Å². The lowest BCUT2D eigenvalue weighted by molar-refractivity contribution is -0.385. The molecule has 0 radical (unpaired) electrons. The monoisotopic (exact) mass is 307 g/mol. The van der Waals surface area contributed by atoms with Crippen LogP contribution in [0, 0.1) is 21.4 Å². The number of nitro groups is 1. The minimum absolute atomic E-state index is 0.102. The molecule has 0 saturated heterocycles. The van der Waals surface area contributed by atoms with Crippen LogP contribution < -0.4 is 9.47 Å². The van der Waals surface area contributed by atoms with E-state index in [1.165, 1.54) is 25.1 Å². The Hall–Kier alpha value is -2.82. The number of carbonyl (C=O) groups is 1. The van der Waals surface area contributed by atoms with Gasteiger partial charge in [0.1, 0.15) is 5.56 Å². The maximum atomic E-state index is 12.3. The molecule has 0 spiro atoms. The molecule has 0 aliphatic rings. The van der Waals surface area contributed by atoms with Crippen molar-refractivity contribution in [2.45, 2.75) is 13.3 Å². The minimum Gasteiger partial charge on any atom is -0.493 e. The van der Waals surface area contributed by atoms with Crippen LogP contribution in [0.25, 0.3) is 0 Å². The zero-order valence-electron chi connectivity index (χ0n) is 12.7. The van der Waals surface area contributed by atoms with Crippen LogP contribution in [-0.4, -0.2) is 43.0 Å². The van der Waals surface area contributed by atoms with Crippen molar-refractivity contribution in [2.24, 2.45) is 0 Å². The molecule has 0 aliphatic heterocycles. The highest BCUT2D eigenvalue weighted by Crippen LogP contribution is 2.35. The van der Waals surface area contributed by atoms with Crippen LogP contribution >= 0.6 is 0 Å². The average Bonchev–Trinajstić information content (AvgIpc) is 2.51. The molecule has 0 atom stereocenters. The van der Waals surface area contributed by atoms with Crippen LogP contribution in [0.3, 0.4) is 0 Å². The van der Waals surface area contributed by atoms with Gasteiger partial charge in [-0.1, -0.05) is 0 Å². The number of benzene rings is 1. The van der Waals surface area contributed by atoms with E-state index in [0.29, 0.717) is 6.61 Å². The molecule has 0 aromatic heterocycles. The van der Waals surface area contributed by atoms with E-state index in [9.17, 15) is 14.9 Å². The summed E-state index contributed by atoms with van der Waals surface area (Å²) in [5.74, 6) is -0.108. The number of nitro benzene ring substituents is 1. The summed E-state index contributed by atoms with van der Waals surface area (Å²) in [6.45, 7) is 2.26. The van der Waals surface area contributed by atoms with E-state index < -0.39 is 10.8 Å². The highest BCUT2D eigenvalue weighted by atomic mass is 16.6. The number of hydrogen-bond acceptors (Lipinski definition) is 6. The van der Waals surface area contributed by atoms with Crippen molar-refractivity contribution in [1.29, 1.82) is 5.26 Å². The van der Waals surface area contributed by atoms with Gasteiger partial charge in [0.2, 0.25) is 0 Å². The van der Waals surface area contributed by atoms with Gasteiger partial charge >= 0.3 is 0 Å². The fourth-order valence-corrected chi connectivity index (χ4v) is 1.82. The summed E-state index contributed by atoms with van der Waals surface area (Å²) in [5, 5.41) is 19.7. The summed E-state index contributed by atoms with van der Waals surface area (Å²) in [6.07, 6.45) is 0.143. The molecule has 1 aromatic carbocycles. The number of ether oxygens (including phenoxy) is 2. The van der Waals surface area contributed by atoms with Crippen LogP contribution in [0.2, 0.25) is 0 Å². The fourth-order valence-electron chi connectivity index (χ4n) is 1.82. The van der Waals surface area contributed by atoms with Gasteiger partial charge in [-0.15, -0.1) is 0 Å². The molecule has 0 unspecified atom stereocenters. The van der Waals surface area contributed by atoms with Gasteiger partial charge in [-0.05, 0) is 6.92 Å². The molecule has 1 amide bonds. The lowest BCUT2D eigenvalue weighted by Crippen LogP contribution is -2.28. The fraction of sp³-hybridized carbons (Fsp3) is 0.429. The zero-order valence-corrected chi connectivity index (χ0v) is 12.7. The molecule has 0 fully saturated rings. The molecule has 0 saturated carbocycles. The third-order valence-corrected chi connectivity index (χ3v) is 2.91. The number of amides is 1. The van der Waals surface area contributed by atoms with Crippen molar-refractivity contribution in [3.63, 3.8) is 0 Å². The first kappa shape index (κ1) is 17.2. The van der Waals surface area contributed by atoms with Crippen molar-refractivity contribution in [3.8, 4) is 17.6 Å². The molecule has 22 heavy (non-hydrogen) atoms. The number of carbonyl (C=O) groups excluding carboxylic acids is 1. The second-order valence-corrected chi connectivity index (χ2v) is 4.35. The lowest BCUT2D eigenvalue weighted by atomic mass is 10.1. The van der Waals surface area contributed by atoms with Crippen LogP contribution in [-0.2, 0) is 0 Å². The first-order valence-corrected chi connectivity index (χ1v) is 6.57. The Morgan fingerprint density at radius 3 is 2.64 bits per heavy atom. The Balaban J connectivity index is 3.31. The van der Waals surface area contributed by atoms with E-state index in [4.69, 9.17) is 14.7 Å². The molecular formula is C14H17N3O5. The van der Waals surface area contributed by atoms with Gasteiger partial charge in [-0.25, -0.2) is 0 Å². The predicted octanol–water partition coefficient (Wildman–Crippen LogP) is 1.99. The van der Waals surface area contributed by atoms with Gasteiger partial charge in [0, 0.05) is 19.7 Å². The smallest absolute Gasteiger partial charge is 0.286 e. The summed E-state index contributed by atoms with van der Waals surface area (Å²) in [4.78, 5) is 24.1. The van der Waals surface area contributed by atoms with E-state index in [1.54, 1.807) is 6.92 Å². The Labute approximate surface area is 128 Å². The first-order valence-electron chi connectivity index (χ1n) is 6.57. The normalized spacial score (nSPS) is 9.73. The predicted molar refractivity (Wildman–Crippen MR) is 78.0 cm³/mol. The average molecular weight is 307 g/mol. The molecule has 1 aromatic rings. The van der Waals surface area contributed by atoms with Gasteiger partial charge in [0.15, 0.2) is 11.5 Å². The Morgan fingerprint density at radius 1 is 1.45 bits per heavy atom. The number of nitrogens with zero attached hydrogens (tertiary/aromatic N) is 3. The molecular weight excluding hydrogens is 290 g/mol. The second-order valence-electron chi connectivity index (χ2n) is 4.35. The number of methoxy groups -OCH3 is 1. The summed E-state index contributed by atoms with van der Waals surface area (Å²) in [7, 11) is 2.84. The quantitative estimate of drug-likeness (QED) is 0.563. The van der Waals surface area contributed by atoms with Crippen LogP contribution in [0.5, 0.6) is 11.5 Å². The summed E-state index contributed by atoms with van der Waals surface area (Å²) >= 11 is 0. The SMILES string of the molecule is CCOc1cc(C(=O)N(C)CCC#N)c([N+](=O)[O-])cc1OC. The third-order valence-electron chi connectivity index (χ3n) is 2.91. The van der Waals surface area contributed by atoms with Gasteiger partial charge in [-0.2, -0.15) is 5.26 Å².